The lowest BCUT2D eigenvalue weighted by Crippen LogP contribution is -2.16. The van der Waals surface area contributed by atoms with Crippen LogP contribution in [0.2, 0.25) is 5.02 Å². The van der Waals surface area contributed by atoms with Crippen molar-refractivity contribution in [3.8, 4) is 0 Å². The molecular formula is C25H23ClN4O2S. The number of amides is 1. The van der Waals surface area contributed by atoms with Crippen molar-refractivity contribution in [1.82, 2.24) is 14.5 Å². The summed E-state index contributed by atoms with van der Waals surface area (Å²) in [6.45, 7) is 2.77. The van der Waals surface area contributed by atoms with Gasteiger partial charge in [0.2, 0.25) is 0 Å². The number of aromatic nitrogens is 3. The van der Waals surface area contributed by atoms with E-state index in [1.807, 2.05) is 49.4 Å². The van der Waals surface area contributed by atoms with Crippen LogP contribution in [0.4, 0.5) is 5.69 Å². The van der Waals surface area contributed by atoms with Crippen molar-refractivity contribution in [2.45, 2.75) is 38.6 Å². The van der Waals surface area contributed by atoms with Crippen molar-refractivity contribution in [3.05, 3.63) is 75.5 Å². The third-order valence-corrected chi connectivity index (χ3v) is 6.87. The van der Waals surface area contributed by atoms with Crippen LogP contribution in [0.15, 0.2) is 53.4 Å². The van der Waals surface area contributed by atoms with Crippen LogP contribution in [0, 0.1) is 5.92 Å². The first kappa shape index (κ1) is 21.8. The molecule has 0 radical (unpaired) electrons. The number of nitrogens with zero attached hydrogens (tertiary/aromatic N) is 3. The fraction of sp³-hybridized carbons (Fsp3) is 0.280. The van der Waals surface area contributed by atoms with E-state index in [1.165, 1.54) is 24.2 Å². The summed E-state index contributed by atoms with van der Waals surface area (Å²) >= 11 is 7.50. The molecule has 0 bridgehead atoms. The van der Waals surface area contributed by atoms with Gasteiger partial charge in [-0.1, -0.05) is 30.7 Å². The Balaban J connectivity index is 1.41. The third-order valence-electron chi connectivity index (χ3n) is 6.05. The molecule has 6 nitrogen and oxygen atoms in total. The van der Waals surface area contributed by atoms with Crippen molar-refractivity contribution in [2.24, 2.45) is 5.92 Å². The van der Waals surface area contributed by atoms with E-state index in [9.17, 15) is 9.59 Å². The monoisotopic (exact) mass is 478 g/mol. The van der Waals surface area contributed by atoms with Crippen LogP contribution >= 0.6 is 22.9 Å². The lowest BCUT2D eigenvalue weighted by molar-refractivity contribution is -0.119. The first-order valence-electron chi connectivity index (χ1n) is 10.9. The number of rotatable bonds is 8. The highest BCUT2D eigenvalue weighted by atomic mass is 35.5. The van der Waals surface area contributed by atoms with Crippen LogP contribution in [0.25, 0.3) is 11.0 Å². The van der Waals surface area contributed by atoms with E-state index in [-0.39, 0.29) is 24.0 Å². The van der Waals surface area contributed by atoms with Gasteiger partial charge in [-0.05, 0) is 54.7 Å². The zero-order chi connectivity index (χ0) is 22.9. The quantitative estimate of drug-likeness (QED) is 0.351. The molecule has 2 aromatic heterocycles. The summed E-state index contributed by atoms with van der Waals surface area (Å²) < 4.78 is 2.17. The van der Waals surface area contributed by atoms with Gasteiger partial charge in [0.25, 0.3) is 5.91 Å². The van der Waals surface area contributed by atoms with Gasteiger partial charge in [0.15, 0.2) is 0 Å². The minimum atomic E-state index is -0.272. The smallest absolute Gasteiger partial charge is 0.275 e. The Hall–Kier alpha value is -3.03. The molecule has 1 amide bonds. The van der Waals surface area contributed by atoms with Crippen LogP contribution in [0.5, 0.6) is 0 Å². The highest BCUT2D eigenvalue weighted by molar-refractivity contribution is 7.07. The van der Waals surface area contributed by atoms with E-state index in [0.717, 1.165) is 29.0 Å². The average molecular weight is 479 g/mol. The zero-order valence-corrected chi connectivity index (χ0v) is 19.7. The second kappa shape index (κ2) is 9.08. The molecule has 8 heteroatoms. The van der Waals surface area contributed by atoms with E-state index >= 15 is 0 Å². The molecule has 0 aliphatic heterocycles. The van der Waals surface area contributed by atoms with Crippen LogP contribution in [0.1, 0.15) is 47.6 Å². The molecule has 1 aliphatic carbocycles. The van der Waals surface area contributed by atoms with Crippen LogP contribution in [0.3, 0.4) is 0 Å². The topological polar surface area (TPSA) is 76.9 Å². The van der Waals surface area contributed by atoms with Crippen molar-refractivity contribution in [3.63, 3.8) is 0 Å². The molecular weight excluding hydrogens is 456 g/mol. The van der Waals surface area contributed by atoms with Gasteiger partial charge in [-0.15, -0.1) is 11.3 Å². The molecule has 0 spiro atoms. The van der Waals surface area contributed by atoms with E-state index in [1.54, 1.807) is 10.9 Å². The van der Waals surface area contributed by atoms with Crippen molar-refractivity contribution in [1.29, 1.82) is 0 Å². The Kier molecular flexibility index (Phi) is 6.00. The Morgan fingerprint density at radius 2 is 2.09 bits per heavy atom. The fourth-order valence-electron chi connectivity index (χ4n) is 3.95. The molecule has 2 aromatic carbocycles. The molecule has 0 saturated heterocycles. The number of nitrogens with one attached hydrogen (secondary N) is 1. The summed E-state index contributed by atoms with van der Waals surface area (Å²) in [4.78, 5) is 34.4. The lowest BCUT2D eigenvalue weighted by Gasteiger charge is -2.13. The maximum atomic E-state index is 13.1. The SMILES string of the molecule is CC(C(=O)Cc1nc2cc(NC(=O)c3cscn3)ccc2n1CC1CC1)c1cccc(Cl)c1. The molecule has 1 fully saturated rings. The summed E-state index contributed by atoms with van der Waals surface area (Å²) in [6.07, 6.45) is 2.65. The van der Waals surface area contributed by atoms with Crippen molar-refractivity contribution < 1.29 is 9.59 Å². The number of fused-ring (bicyclic) bond motifs is 1. The third kappa shape index (κ3) is 4.84. The number of anilines is 1. The van der Waals surface area contributed by atoms with E-state index < -0.39 is 0 Å². The molecule has 168 valence electrons. The zero-order valence-electron chi connectivity index (χ0n) is 18.1. The molecule has 1 unspecified atom stereocenters. The number of halogens is 1. The van der Waals surface area contributed by atoms with Gasteiger partial charge in [-0.3, -0.25) is 9.59 Å². The molecule has 2 heterocycles. The van der Waals surface area contributed by atoms with Gasteiger partial charge < -0.3 is 9.88 Å². The summed E-state index contributed by atoms with van der Waals surface area (Å²) in [5.41, 5.74) is 5.33. The molecule has 1 atom stereocenters. The van der Waals surface area contributed by atoms with Gasteiger partial charge >= 0.3 is 0 Å². The number of Topliss-reactive ketones (excluding diaryl/α,β-unsaturated/α-hetero) is 1. The minimum absolute atomic E-state index is 0.0988. The first-order chi connectivity index (χ1) is 16.0. The Labute approximate surface area is 200 Å². The van der Waals surface area contributed by atoms with Gasteiger partial charge in [-0.2, -0.15) is 0 Å². The van der Waals surface area contributed by atoms with Crippen molar-refractivity contribution >= 4 is 51.3 Å². The highest BCUT2D eigenvalue weighted by Gasteiger charge is 2.26. The van der Waals surface area contributed by atoms with Gasteiger partial charge in [0, 0.05) is 28.6 Å². The van der Waals surface area contributed by atoms with Crippen LogP contribution in [-0.4, -0.2) is 26.2 Å². The molecule has 1 aliphatic rings. The van der Waals surface area contributed by atoms with Gasteiger partial charge in [0.1, 0.15) is 17.3 Å². The number of hydrogen-bond donors (Lipinski definition) is 1. The molecule has 5 rings (SSSR count). The molecule has 33 heavy (non-hydrogen) atoms. The maximum absolute atomic E-state index is 13.1. The Bertz CT molecular complexity index is 1330. The number of benzene rings is 2. The molecule has 4 aromatic rings. The van der Waals surface area contributed by atoms with E-state index in [0.29, 0.717) is 22.3 Å². The van der Waals surface area contributed by atoms with E-state index in [4.69, 9.17) is 16.6 Å². The maximum Gasteiger partial charge on any atom is 0.275 e. The summed E-state index contributed by atoms with van der Waals surface area (Å²) in [5, 5.41) is 5.22. The lowest BCUT2D eigenvalue weighted by atomic mass is 9.95. The van der Waals surface area contributed by atoms with E-state index in [2.05, 4.69) is 14.9 Å². The number of imidazole rings is 1. The van der Waals surface area contributed by atoms with Crippen molar-refractivity contribution in [2.75, 3.05) is 5.32 Å². The van der Waals surface area contributed by atoms with Crippen LogP contribution in [-0.2, 0) is 17.8 Å². The predicted molar refractivity (Wildman–Crippen MR) is 131 cm³/mol. The Morgan fingerprint density at radius 1 is 1.24 bits per heavy atom. The molecule has 1 N–H and O–H groups in total. The normalized spacial score (nSPS) is 14.4. The fourth-order valence-corrected chi connectivity index (χ4v) is 4.68. The Morgan fingerprint density at radius 3 is 2.82 bits per heavy atom. The van der Waals surface area contributed by atoms with Crippen LogP contribution < -0.4 is 5.32 Å². The second-order valence-corrected chi connectivity index (χ2v) is 9.69. The van der Waals surface area contributed by atoms with Gasteiger partial charge in [-0.25, -0.2) is 9.97 Å². The first-order valence-corrected chi connectivity index (χ1v) is 12.3. The van der Waals surface area contributed by atoms with Gasteiger partial charge in [0.05, 0.1) is 23.0 Å². The number of thiazole rings is 1. The number of carbonyl (C=O) groups is 2. The highest BCUT2D eigenvalue weighted by Crippen LogP contribution is 2.33. The standard InChI is InChI=1S/C25H23ClN4O2S/c1-15(17-3-2-4-18(26)9-17)23(31)11-24-29-20-10-19(28-25(32)21-13-33-14-27-21)7-8-22(20)30(24)12-16-5-6-16/h2-4,7-10,13-16H,5-6,11-12H2,1H3,(H,28,32). The minimum Gasteiger partial charge on any atom is -0.327 e. The summed E-state index contributed by atoms with van der Waals surface area (Å²) in [6, 6.07) is 13.1. The molecule has 1 saturated carbocycles. The largest absolute Gasteiger partial charge is 0.327 e. The second-order valence-electron chi connectivity index (χ2n) is 8.53. The number of hydrogen-bond acceptors (Lipinski definition) is 5. The summed E-state index contributed by atoms with van der Waals surface area (Å²) in [7, 11) is 0. The number of ketones is 1. The summed E-state index contributed by atoms with van der Waals surface area (Å²) in [5.74, 6) is 0.968. The number of carbonyl (C=O) groups excluding carboxylic acids is 2. The average Bonchev–Trinajstić information content (AvgIpc) is 3.32. The predicted octanol–water partition coefficient (Wildman–Crippen LogP) is 5.72.